The van der Waals surface area contributed by atoms with Crippen molar-refractivity contribution in [2.45, 2.75) is 45.4 Å². The van der Waals surface area contributed by atoms with Gasteiger partial charge in [0.05, 0.1) is 0 Å². The van der Waals surface area contributed by atoms with Crippen LogP contribution in [0.4, 0.5) is 5.69 Å². The van der Waals surface area contributed by atoms with Crippen LogP contribution in [0.25, 0.3) is 0 Å². The van der Waals surface area contributed by atoms with Crippen LogP contribution in [0.2, 0.25) is 0 Å². The Labute approximate surface area is 143 Å². The van der Waals surface area contributed by atoms with Gasteiger partial charge in [-0.25, -0.2) is 0 Å². The van der Waals surface area contributed by atoms with Crippen LogP contribution in [0, 0.1) is 0 Å². The molecule has 0 fully saturated rings. The highest BCUT2D eigenvalue weighted by Gasteiger charge is 2.05. The summed E-state index contributed by atoms with van der Waals surface area (Å²) in [6.45, 7) is 2.10. The number of benzene rings is 1. The Morgan fingerprint density at radius 3 is 2.35 bits per heavy atom. The smallest absolute Gasteiger partial charge is 0.226 e. The van der Waals surface area contributed by atoms with Gasteiger partial charge in [0, 0.05) is 25.6 Å². The standard InChI is InChI=1S/C17H25N3O2S/c1-3-4-5-6-16(22)20-17(23)19-14-10-7-13(8-11-14)9-12-15(21)18-2/h7-8,10-11H,3-6,9,12H2,1-2H3,(H,18,21)(H2,19,20,22,23). The third-order valence-corrected chi connectivity index (χ3v) is 3.60. The number of thiocarbonyl (C=S) groups is 1. The van der Waals surface area contributed by atoms with E-state index in [2.05, 4.69) is 22.9 Å². The summed E-state index contributed by atoms with van der Waals surface area (Å²) in [5.74, 6) is -0.0303. The highest BCUT2D eigenvalue weighted by molar-refractivity contribution is 7.80. The highest BCUT2D eigenvalue weighted by Crippen LogP contribution is 2.11. The monoisotopic (exact) mass is 335 g/mol. The second-order valence-electron chi connectivity index (χ2n) is 5.33. The van der Waals surface area contributed by atoms with Crippen LogP contribution in [-0.4, -0.2) is 24.0 Å². The molecule has 0 saturated carbocycles. The van der Waals surface area contributed by atoms with Gasteiger partial charge in [0.2, 0.25) is 11.8 Å². The molecule has 2 amide bonds. The molecule has 1 rings (SSSR count). The van der Waals surface area contributed by atoms with Crippen LogP contribution >= 0.6 is 12.2 Å². The Morgan fingerprint density at radius 1 is 1.04 bits per heavy atom. The van der Waals surface area contributed by atoms with Crippen molar-refractivity contribution in [2.24, 2.45) is 0 Å². The summed E-state index contributed by atoms with van der Waals surface area (Å²) in [7, 11) is 1.63. The Morgan fingerprint density at radius 2 is 1.74 bits per heavy atom. The highest BCUT2D eigenvalue weighted by atomic mass is 32.1. The molecular formula is C17H25N3O2S. The van der Waals surface area contributed by atoms with Gasteiger partial charge >= 0.3 is 0 Å². The largest absolute Gasteiger partial charge is 0.359 e. The lowest BCUT2D eigenvalue weighted by Gasteiger charge is -2.10. The van der Waals surface area contributed by atoms with Gasteiger partial charge in [0.1, 0.15) is 0 Å². The molecule has 1 aromatic carbocycles. The molecule has 126 valence electrons. The van der Waals surface area contributed by atoms with Gasteiger partial charge in [-0.3, -0.25) is 9.59 Å². The van der Waals surface area contributed by atoms with Gasteiger partial charge < -0.3 is 16.0 Å². The lowest BCUT2D eigenvalue weighted by molar-refractivity contribution is -0.121. The van der Waals surface area contributed by atoms with Gasteiger partial charge in [-0.1, -0.05) is 31.9 Å². The fraction of sp³-hybridized carbons (Fsp3) is 0.471. The molecule has 0 radical (unpaired) electrons. The number of carbonyl (C=O) groups is 2. The van der Waals surface area contributed by atoms with E-state index in [0.29, 0.717) is 24.4 Å². The van der Waals surface area contributed by atoms with E-state index in [4.69, 9.17) is 12.2 Å². The van der Waals surface area contributed by atoms with Crippen molar-refractivity contribution in [1.82, 2.24) is 10.6 Å². The van der Waals surface area contributed by atoms with Crippen molar-refractivity contribution in [1.29, 1.82) is 0 Å². The summed E-state index contributed by atoms with van der Waals surface area (Å²) in [5, 5.41) is 8.58. The SMILES string of the molecule is CCCCCC(=O)NC(=S)Nc1ccc(CCC(=O)NC)cc1. The van der Waals surface area contributed by atoms with Crippen molar-refractivity contribution >= 4 is 34.8 Å². The molecule has 1 aromatic rings. The number of anilines is 1. The minimum absolute atomic E-state index is 0.0270. The average molecular weight is 335 g/mol. The molecule has 5 nitrogen and oxygen atoms in total. The minimum atomic E-state index is -0.0573. The van der Waals surface area contributed by atoms with Crippen LogP contribution < -0.4 is 16.0 Å². The maximum absolute atomic E-state index is 11.7. The summed E-state index contributed by atoms with van der Waals surface area (Å²) in [5.41, 5.74) is 1.89. The zero-order valence-corrected chi connectivity index (χ0v) is 14.6. The van der Waals surface area contributed by atoms with E-state index in [9.17, 15) is 9.59 Å². The first-order valence-corrected chi connectivity index (χ1v) is 8.36. The van der Waals surface area contributed by atoms with Crippen molar-refractivity contribution < 1.29 is 9.59 Å². The number of rotatable bonds is 8. The van der Waals surface area contributed by atoms with E-state index in [-0.39, 0.29) is 11.8 Å². The molecule has 0 aromatic heterocycles. The van der Waals surface area contributed by atoms with Crippen LogP contribution in [0.15, 0.2) is 24.3 Å². The zero-order chi connectivity index (χ0) is 17.1. The third kappa shape index (κ3) is 8.30. The summed E-state index contributed by atoms with van der Waals surface area (Å²) in [4.78, 5) is 22.9. The van der Waals surface area contributed by atoms with E-state index >= 15 is 0 Å². The van der Waals surface area contributed by atoms with Crippen LogP contribution in [0.1, 0.15) is 44.6 Å². The summed E-state index contributed by atoms with van der Waals surface area (Å²) in [6.07, 6.45) is 4.67. The molecular weight excluding hydrogens is 310 g/mol. The third-order valence-electron chi connectivity index (χ3n) is 3.39. The number of unbranched alkanes of at least 4 members (excludes halogenated alkanes) is 2. The lowest BCUT2D eigenvalue weighted by atomic mass is 10.1. The Kier molecular flexibility index (Phi) is 8.90. The van der Waals surface area contributed by atoms with Crippen molar-refractivity contribution in [2.75, 3.05) is 12.4 Å². The maximum atomic E-state index is 11.7. The Balaban J connectivity index is 2.37. The Bertz CT molecular complexity index is 529. The number of carbonyl (C=O) groups excluding carboxylic acids is 2. The van der Waals surface area contributed by atoms with Crippen LogP contribution in [0.3, 0.4) is 0 Å². The maximum Gasteiger partial charge on any atom is 0.226 e. The fourth-order valence-electron chi connectivity index (χ4n) is 2.02. The molecule has 3 N–H and O–H groups in total. The Hall–Kier alpha value is -1.95. The second-order valence-corrected chi connectivity index (χ2v) is 5.74. The van der Waals surface area contributed by atoms with Gasteiger partial charge in [-0.15, -0.1) is 0 Å². The first-order valence-electron chi connectivity index (χ1n) is 7.95. The first kappa shape index (κ1) is 19.1. The normalized spacial score (nSPS) is 10.0. The van der Waals surface area contributed by atoms with E-state index in [1.165, 1.54) is 0 Å². The second kappa shape index (κ2) is 10.7. The van der Waals surface area contributed by atoms with Crippen molar-refractivity contribution in [3.05, 3.63) is 29.8 Å². The van der Waals surface area contributed by atoms with E-state index < -0.39 is 0 Å². The zero-order valence-electron chi connectivity index (χ0n) is 13.8. The molecule has 23 heavy (non-hydrogen) atoms. The van der Waals surface area contributed by atoms with Gasteiger partial charge in [0.15, 0.2) is 5.11 Å². The fourth-order valence-corrected chi connectivity index (χ4v) is 2.26. The minimum Gasteiger partial charge on any atom is -0.359 e. The quantitative estimate of drug-likeness (QED) is 0.505. The number of hydrogen-bond donors (Lipinski definition) is 3. The number of aryl methyl sites for hydroxylation is 1. The van der Waals surface area contributed by atoms with Crippen LogP contribution in [-0.2, 0) is 16.0 Å². The number of nitrogens with one attached hydrogen (secondary N) is 3. The van der Waals surface area contributed by atoms with Crippen molar-refractivity contribution in [3.63, 3.8) is 0 Å². The predicted octanol–water partition coefficient (Wildman–Crippen LogP) is 2.76. The molecule has 0 unspecified atom stereocenters. The molecule has 0 atom stereocenters. The summed E-state index contributed by atoms with van der Waals surface area (Å²) >= 11 is 5.13. The molecule has 6 heteroatoms. The molecule has 0 aliphatic heterocycles. The summed E-state index contributed by atoms with van der Waals surface area (Å²) < 4.78 is 0. The molecule has 0 bridgehead atoms. The van der Waals surface area contributed by atoms with E-state index in [1.807, 2.05) is 24.3 Å². The number of hydrogen-bond acceptors (Lipinski definition) is 3. The molecule has 0 aliphatic rings. The predicted molar refractivity (Wildman–Crippen MR) is 97.3 cm³/mol. The topological polar surface area (TPSA) is 70.2 Å². The molecule has 0 spiro atoms. The molecule has 0 aliphatic carbocycles. The molecule has 0 heterocycles. The average Bonchev–Trinajstić information content (AvgIpc) is 2.54. The van der Waals surface area contributed by atoms with Gasteiger partial charge in [-0.2, -0.15) is 0 Å². The van der Waals surface area contributed by atoms with Gasteiger partial charge in [-0.05, 0) is 42.8 Å². The van der Waals surface area contributed by atoms with Gasteiger partial charge in [0.25, 0.3) is 0 Å². The van der Waals surface area contributed by atoms with E-state index in [0.717, 1.165) is 30.5 Å². The molecule has 0 saturated heterocycles. The van der Waals surface area contributed by atoms with Crippen LogP contribution in [0.5, 0.6) is 0 Å². The lowest BCUT2D eigenvalue weighted by Crippen LogP contribution is -2.33. The summed E-state index contributed by atoms with van der Waals surface area (Å²) in [6, 6.07) is 7.65. The van der Waals surface area contributed by atoms with E-state index in [1.54, 1.807) is 7.05 Å². The first-order chi connectivity index (χ1) is 11.0. The van der Waals surface area contributed by atoms with Crippen molar-refractivity contribution in [3.8, 4) is 0 Å². The number of amides is 2.